The highest BCUT2D eigenvalue weighted by Crippen LogP contribution is 2.28. The lowest BCUT2D eigenvalue weighted by molar-refractivity contribution is -0.130. The molecule has 9 heteroatoms. The fraction of sp³-hybridized carbons (Fsp3) is 0.241. The number of para-hydroxylation sites is 1. The van der Waals surface area contributed by atoms with E-state index >= 15 is 0 Å². The molecule has 0 saturated carbocycles. The molecule has 3 aromatic rings. The van der Waals surface area contributed by atoms with Crippen LogP contribution < -0.4 is 15.5 Å². The first-order chi connectivity index (χ1) is 18.3. The number of amides is 3. The van der Waals surface area contributed by atoms with Gasteiger partial charge >= 0.3 is 0 Å². The van der Waals surface area contributed by atoms with Gasteiger partial charge in [-0.25, -0.2) is 13.8 Å². The van der Waals surface area contributed by atoms with Crippen LogP contribution in [0.4, 0.5) is 14.5 Å². The molecule has 4 rings (SSSR count). The summed E-state index contributed by atoms with van der Waals surface area (Å²) in [5.41, 5.74) is 2.94. The Morgan fingerprint density at radius 1 is 1.00 bits per heavy atom. The standard InChI is InChI=1S/C29H28F2N4O3/c1-3-13-35-24-12-8-7-11-23(24)26(20-9-5-4-6-10-20)33-27(29(35)38)34-28(37)18(2)32-25(36)16-19-14-21(30)17-22(31)15-19/h4-12,14-15,17-18,27H,3,13,16H2,1-2H3,(H,32,36)(H,34,37)/t18-,27?/m0/s1. The summed E-state index contributed by atoms with van der Waals surface area (Å²) in [6, 6.07) is 18.6. The Balaban J connectivity index is 1.57. The molecule has 38 heavy (non-hydrogen) atoms. The third-order valence-corrected chi connectivity index (χ3v) is 6.04. The summed E-state index contributed by atoms with van der Waals surface area (Å²) in [7, 11) is 0. The van der Waals surface area contributed by atoms with Gasteiger partial charge in [0.25, 0.3) is 5.91 Å². The first-order valence-corrected chi connectivity index (χ1v) is 12.4. The van der Waals surface area contributed by atoms with E-state index in [1.807, 2.05) is 61.5 Å². The molecule has 7 nitrogen and oxygen atoms in total. The van der Waals surface area contributed by atoms with E-state index in [1.54, 1.807) is 4.90 Å². The van der Waals surface area contributed by atoms with Crippen molar-refractivity contribution in [2.45, 2.75) is 38.9 Å². The topological polar surface area (TPSA) is 90.9 Å². The normalized spacial score (nSPS) is 15.7. The fourth-order valence-electron chi connectivity index (χ4n) is 4.32. The number of carbonyl (C=O) groups is 3. The predicted octanol–water partition coefficient (Wildman–Crippen LogP) is 3.75. The van der Waals surface area contributed by atoms with Gasteiger partial charge in [-0.3, -0.25) is 14.4 Å². The van der Waals surface area contributed by atoms with Gasteiger partial charge in [-0.05, 0) is 37.1 Å². The van der Waals surface area contributed by atoms with Crippen molar-refractivity contribution >= 4 is 29.1 Å². The Morgan fingerprint density at radius 3 is 2.34 bits per heavy atom. The van der Waals surface area contributed by atoms with Crippen molar-refractivity contribution in [3.63, 3.8) is 0 Å². The number of halogens is 2. The molecule has 1 aliphatic heterocycles. The molecule has 0 bridgehead atoms. The molecule has 0 aliphatic carbocycles. The SMILES string of the molecule is CCCN1C(=O)C(NC(=O)[C@H](C)NC(=O)Cc2cc(F)cc(F)c2)N=C(c2ccccc2)c2ccccc21. The minimum Gasteiger partial charge on any atom is -0.344 e. The van der Waals surface area contributed by atoms with Crippen LogP contribution in [0.3, 0.4) is 0 Å². The fourth-order valence-corrected chi connectivity index (χ4v) is 4.32. The molecule has 1 heterocycles. The van der Waals surface area contributed by atoms with E-state index in [0.29, 0.717) is 30.4 Å². The quantitative estimate of drug-likeness (QED) is 0.476. The van der Waals surface area contributed by atoms with Crippen LogP contribution in [0.15, 0.2) is 77.8 Å². The lowest BCUT2D eigenvalue weighted by Gasteiger charge is -2.25. The van der Waals surface area contributed by atoms with Crippen LogP contribution in [0, 0.1) is 11.6 Å². The second kappa shape index (κ2) is 11.8. The molecule has 2 N–H and O–H groups in total. The zero-order chi connectivity index (χ0) is 27.2. The molecule has 0 fully saturated rings. The second-order valence-corrected chi connectivity index (χ2v) is 9.01. The second-order valence-electron chi connectivity index (χ2n) is 9.01. The summed E-state index contributed by atoms with van der Waals surface area (Å²) in [4.78, 5) is 45.4. The van der Waals surface area contributed by atoms with Crippen molar-refractivity contribution in [3.8, 4) is 0 Å². The molecule has 0 spiro atoms. The Morgan fingerprint density at radius 2 is 1.66 bits per heavy atom. The van der Waals surface area contributed by atoms with Gasteiger partial charge < -0.3 is 15.5 Å². The molecule has 0 aromatic heterocycles. The molecule has 3 amide bonds. The maximum absolute atomic E-state index is 13.6. The summed E-state index contributed by atoms with van der Waals surface area (Å²) in [5.74, 6) is -3.21. The molecule has 0 saturated heterocycles. The van der Waals surface area contributed by atoms with Crippen molar-refractivity contribution in [2.24, 2.45) is 4.99 Å². The maximum atomic E-state index is 13.6. The lowest BCUT2D eigenvalue weighted by Crippen LogP contribution is -2.53. The van der Waals surface area contributed by atoms with Crippen molar-refractivity contribution in [3.05, 3.63) is 101 Å². The van der Waals surface area contributed by atoms with Crippen molar-refractivity contribution in [2.75, 3.05) is 11.4 Å². The predicted molar refractivity (Wildman–Crippen MR) is 141 cm³/mol. The number of hydrogen-bond acceptors (Lipinski definition) is 4. The number of fused-ring (bicyclic) bond motifs is 1. The molecule has 1 unspecified atom stereocenters. The maximum Gasteiger partial charge on any atom is 0.272 e. The largest absolute Gasteiger partial charge is 0.344 e. The Labute approximate surface area is 219 Å². The zero-order valence-corrected chi connectivity index (χ0v) is 21.1. The Hall–Kier alpha value is -4.40. The highest BCUT2D eigenvalue weighted by Gasteiger charge is 2.33. The zero-order valence-electron chi connectivity index (χ0n) is 21.1. The van der Waals surface area contributed by atoms with Crippen LogP contribution in [0.2, 0.25) is 0 Å². The van der Waals surface area contributed by atoms with Gasteiger partial charge in [-0.15, -0.1) is 0 Å². The van der Waals surface area contributed by atoms with Crippen LogP contribution in [-0.4, -0.2) is 42.2 Å². The molecular formula is C29H28F2N4O3. The smallest absolute Gasteiger partial charge is 0.272 e. The number of nitrogens with one attached hydrogen (secondary N) is 2. The average Bonchev–Trinajstić information content (AvgIpc) is 2.99. The van der Waals surface area contributed by atoms with Crippen LogP contribution in [-0.2, 0) is 20.8 Å². The summed E-state index contributed by atoms with van der Waals surface area (Å²) in [6.45, 7) is 3.84. The summed E-state index contributed by atoms with van der Waals surface area (Å²) in [5, 5.41) is 5.18. The molecule has 2 atom stereocenters. The van der Waals surface area contributed by atoms with E-state index in [-0.39, 0.29) is 12.0 Å². The third kappa shape index (κ3) is 6.11. The van der Waals surface area contributed by atoms with Gasteiger partial charge in [0.2, 0.25) is 18.0 Å². The number of hydrogen-bond donors (Lipinski definition) is 2. The van der Waals surface area contributed by atoms with E-state index in [2.05, 4.69) is 15.6 Å². The van der Waals surface area contributed by atoms with E-state index in [0.717, 1.165) is 23.3 Å². The minimum absolute atomic E-state index is 0.136. The molecular weight excluding hydrogens is 490 g/mol. The first-order valence-electron chi connectivity index (χ1n) is 12.4. The number of carbonyl (C=O) groups excluding carboxylic acids is 3. The van der Waals surface area contributed by atoms with Gasteiger partial charge in [0.15, 0.2) is 0 Å². The summed E-state index contributed by atoms with van der Waals surface area (Å²) >= 11 is 0. The Bertz CT molecular complexity index is 1360. The van der Waals surface area contributed by atoms with Gasteiger partial charge in [0.05, 0.1) is 17.8 Å². The minimum atomic E-state index is -1.23. The van der Waals surface area contributed by atoms with Crippen LogP contribution in [0.25, 0.3) is 0 Å². The van der Waals surface area contributed by atoms with Gasteiger partial charge in [0, 0.05) is 23.7 Å². The van der Waals surface area contributed by atoms with Crippen LogP contribution >= 0.6 is 0 Å². The van der Waals surface area contributed by atoms with Gasteiger partial charge in [0.1, 0.15) is 17.7 Å². The van der Waals surface area contributed by atoms with Crippen molar-refractivity contribution in [1.29, 1.82) is 0 Å². The van der Waals surface area contributed by atoms with E-state index < -0.39 is 41.6 Å². The molecule has 3 aromatic carbocycles. The average molecular weight is 519 g/mol. The summed E-state index contributed by atoms with van der Waals surface area (Å²) < 4.78 is 26.9. The first kappa shape index (κ1) is 26.7. The lowest BCUT2D eigenvalue weighted by atomic mass is 10.0. The molecule has 0 radical (unpaired) electrons. The highest BCUT2D eigenvalue weighted by molar-refractivity contribution is 6.20. The van der Waals surface area contributed by atoms with Gasteiger partial charge in [-0.1, -0.05) is 55.5 Å². The Kier molecular flexibility index (Phi) is 8.25. The van der Waals surface area contributed by atoms with E-state index in [4.69, 9.17) is 0 Å². The van der Waals surface area contributed by atoms with Crippen molar-refractivity contribution in [1.82, 2.24) is 10.6 Å². The van der Waals surface area contributed by atoms with E-state index in [1.165, 1.54) is 6.92 Å². The number of aliphatic imine (C=N–C) groups is 1. The number of anilines is 1. The van der Waals surface area contributed by atoms with Crippen molar-refractivity contribution < 1.29 is 23.2 Å². The molecule has 1 aliphatic rings. The van der Waals surface area contributed by atoms with E-state index in [9.17, 15) is 23.2 Å². The number of rotatable bonds is 8. The highest BCUT2D eigenvalue weighted by atomic mass is 19.1. The molecule has 196 valence electrons. The van der Waals surface area contributed by atoms with Gasteiger partial charge in [-0.2, -0.15) is 0 Å². The summed E-state index contributed by atoms with van der Waals surface area (Å²) in [6.07, 6.45) is -0.854. The third-order valence-electron chi connectivity index (χ3n) is 6.04. The monoisotopic (exact) mass is 518 g/mol. The number of benzodiazepines with no additional fused rings is 1. The van der Waals surface area contributed by atoms with Crippen LogP contribution in [0.5, 0.6) is 0 Å². The number of nitrogens with zero attached hydrogens (tertiary/aromatic N) is 2. The van der Waals surface area contributed by atoms with Crippen LogP contribution in [0.1, 0.15) is 37.0 Å². The number of benzene rings is 3.